The molecule has 104 valence electrons. The predicted octanol–water partition coefficient (Wildman–Crippen LogP) is 4.88. The zero-order chi connectivity index (χ0) is 14.1. The van der Waals surface area contributed by atoms with Crippen molar-refractivity contribution in [1.29, 1.82) is 0 Å². The second-order valence-corrected chi connectivity index (χ2v) is 6.96. The van der Waals surface area contributed by atoms with Crippen molar-refractivity contribution in [2.75, 3.05) is 5.32 Å². The van der Waals surface area contributed by atoms with Gasteiger partial charge in [-0.15, -0.1) is 11.3 Å². The van der Waals surface area contributed by atoms with Crippen molar-refractivity contribution in [2.45, 2.75) is 32.1 Å². The molecule has 1 aromatic carbocycles. The van der Waals surface area contributed by atoms with Gasteiger partial charge in [-0.1, -0.05) is 12.1 Å². The molecule has 0 saturated heterocycles. The zero-order valence-corrected chi connectivity index (χ0v) is 13.7. The highest BCUT2D eigenvalue weighted by molar-refractivity contribution is 9.10. The summed E-state index contributed by atoms with van der Waals surface area (Å²) in [5, 5.41) is 5.17. The lowest BCUT2D eigenvalue weighted by Crippen LogP contribution is -2.24. The molecule has 0 spiro atoms. The summed E-state index contributed by atoms with van der Waals surface area (Å²) in [4.78, 5) is 13.9. The van der Waals surface area contributed by atoms with Crippen LogP contribution in [-0.2, 0) is 11.2 Å². The number of hydrogen-bond acceptors (Lipinski definition) is 2. The molecule has 1 heterocycles. The van der Waals surface area contributed by atoms with Gasteiger partial charge < -0.3 is 5.32 Å². The van der Waals surface area contributed by atoms with Crippen molar-refractivity contribution in [1.82, 2.24) is 0 Å². The van der Waals surface area contributed by atoms with Crippen LogP contribution in [0.1, 0.15) is 34.8 Å². The fourth-order valence-electron chi connectivity index (χ4n) is 2.72. The lowest BCUT2D eigenvalue weighted by atomic mass is 9.87. The van der Waals surface area contributed by atoms with Gasteiger partial charge in [-0.25, -0.2) is 0 Å². The van der Waals surface area contributed by atoms with Crippen molar-refractivity contribution in [3.63, 3.8) is 0 Å². The number of anilines is 1. The smallest absolute Gasteiger partial charge is 0.231 e. The second kappa shape index (κ2) is 5.70. The third-order valence-corrected chi connectivity index (χ3v) is 5.87. The van der Waals surface area contributed by atoms with Crippen molar-refractivity contribution < 1.29 is 4.79 Å². The molecule has 20 heavy (non-hydrogen) atoms. The molecule has 1 aliphatic carbocycles. The maximum atomic E-state index is 12.6. The molecule has 0 fully saturated rings. The summed E-state index contributed by atoms with van der Waals surface area (Å²) >= 11 is 5.31. The van der Waals surface area contributed by atoms with E-state index in [0.29, 0.717) is 0 Å². The summed E-state index contributed by atoms with van der Waals surface area (Å²) in [6.07, 6.45) is 3.16. The standard InChI is InChI=1S/C16H16BrNOS/c1-10-4-2-6-13(15(10)17)18-16(19)12-5-3-7-14-11(12)8-9-20-14/h2,4,6,8-9,12H,3,5,7H2,1H3,(H,18,19). The average molecular weight is 350 g/mol. The number of aryl methyl sites for hydroxylation is 2. The van der Waals surface area contributed by atoms with E-state index >= 15 is 0 Å². The van der Waals surface area contributed by atoms with Gasteiger partial charge in [0.25, 0.3) is 0 Å². The Morgan fingerprint density at radius 2 is 2.25 bits per heavy atom. The predicted molar refractivity (Wildman–Crippen MR) is 87.5 cm³/mol. The van der Waals surface area contributed by atoms with Gasteiger partial charge in [0.2, 0.25) is 5.91 Å². The average Bonchev–Trinajstić information content (AvgIpc) is 2.92. The van der Waals surface area contributed by atoms with Crippen molar-refractivity contribution >= 4 is 38.9 Å². The molecule has 0 saturated carbocycles. The number of carbonyl (C=O) groups excluding carboxylic acids is 1. The number of rotatable bonds is 2. The van der Waals surface area contributed by atoms with E-state index < -0.39 is 0 Å². The molecule has 1 aromatic heterocycles. The van der Waals surface area contributed by atoms with E-state index in [2.05, 4.69) is 32.7 Å². The third-order valence-electron chi connectivity index (χ3n) is 3.82. The van der Waals surface area contributed by atoms with Crippen LogP contribution >= 0.6 is 27.3 Å². The summed E-state index contributed by atoms with van der Waals surface area (Å²) in [5.41, 5.74) is 3.21. The normalized spacial score (nSPS) is 17.6. The Balaban J connectivity index is 1.83. The Bertz CT molecular complexity index is 650. The van der Waals surface area contributed by atoms with E-state index in [1.807, 2.05) is 25.1 Å². The lowest BCUT2D eigenvalue weighted by Gasteiger charge is -2.22. The van der Waals surface area contributed by atoms with Gasteiger partial charge >= 0.3 is 0 Å². The Morgan fingerprint density at radius 3 is 3.10 bits per heavy atom. The van der Waals surface area contributed by atoms with Gasteiger partial charge in [-0.05, 0) is 70.8 Å². The minimum absolute atomic E-state index is 0.00240. The van der Waals surface area contributed by atoms with Crippen molar-refractivity contribution in [3.05, 3.63) is 50.1 Å². The molecule has 0 aliphatic heterocycles. The summed E-state index contributed by atoms with van der Waals surface area (Å²) in [5.74, 6) is 0.105. The Labute approximate surface area is 131 Å². The van der Waals surface area contributed by atoms with E-state index in [1.54, 1.807) is 11.3 Å². The maximum Gasteiger partial charge on any atom is 0.231 e. The number of halogens is 1. The van der Waals surface area contributed by atoms with Crippen LogP contribution in [0.4, 0.5) is 5.69 Å². The van der Waals surface area contributed by atoms with Gasteiger partial charge in [0.1, 0.15) is 0 Å². The number of benzene rings is 1. The Hall–Kier alpha value is -1.13. The largest absolute Gasteiger partial charge is 0.325 e. The highest BCUT2D eigenvalue weighted by Crippen LogP contribution is 2.36. The molecule has 1 N–H and O–H groups in total. The molecule has 1 aliphatic rings. The number of fused-ring (bicyclic) bond motifs is 1. The van der Waals surface area contributed by atoms with Crippen LogP contribution in [0, 0.1) is 6.92 Å². The van der Waals surface area contributed by atoms with Gasteiger partial charge in [0.05, 0.1) is 11.6 Å². The highest BCUT2D eigenvalue weighted by atomic mass is 79.9. The van der Waals surface area contributed by atoms with Crippen LogP contribution < -0.4 is 5.32 Å². The van der Waals surface area contributed by atoms with Gasteiger partial charge in [0, 0.05) is 9.35 Å². The molecule has 3 rings (SSSR count). The number of carbonyl (C=O) groups is 1. The maximum absolute atomic E-state index is 12.6. The fraction of sp³-hybridized carbons (Fsp3) is 0.312. The summed E-state index contributed by atoms with van der Waals surface area (Å²) < 4.78 is 0.967. The highest BCUT2D eigenvalue weighted by Gasteiger charge is 2.27. The summed E-state index contributed by atoms with van der Waals surface area (Å²) in [6, 6.07) is 8.03. The number of nitrogens with one attached hydrogen (secondary N) is 1. The van der Waals surface area contributed by atoms with Crippen molar-refractivity contribution in [3.8, 4) is 0 Å². The molecular formula is C16H16BrNOS. The van der Waals surface area contributed by atoms with Crippen LogP contribution in [-0.4, -0.2) is 5.91 Å². The third kappa shape index (κ3) is 2.54. The summed E-state index contributed by atoms with van der Waals surface area (Å²) in [6.45, 7) is 2.03. The molecule has 2 aromatic rings. The number of amides is 1. The van der Waals surface area contributed by atoms with E-state index in [1.165, 1.54) is 10.4 Å². The topological polar surface area (TPSA) is 29.1 Å². The van der Waals surface area contributed by atoms with E-state index in [0.717, 1.165) is 35.0 Å². The monoisotopic (exact) mass is 349 g/mol. The first kappa shape index (κ1) is 13.8. The zero-order valence-electron chi connectivity index (χ0n) is 11.3. The molecule has 1 unspecified atom stereocenters. The van der Waals surface area contributed by atoms with E-state index in [4.69, 9.17) is 0 Å². The van der Waals surface area contributed by atoms with Crippen LogP contribution in [0.15, 0.2) is 34.1 Å². The Morgan fingerprint density at radius 1 is 1.40 bits per heavy atom. The summed E-state index contributed by atoms with van der Waals surface area (Å²) in [7, 11) is 0. The van der Waals surface area contributed by atoms with Gasteiger partial charge in [0.15, 0.2) is 0 Å². The van der Waals surface area contributed by atoms with E-state index in [9.17, 15) is 4.79 Å². The first-order valence-electron chi connectivity index (χ1n) is 6.79. The molecule has 0 radical (unpaired) electrons. The minimum Gasteiger partial charge on any atom is -0.325 e. The molecule has 2 nitrogen and oxygen atoms in total. The number of hydrogen-bond donors (Lipinski definition) is 1. The fourth-order valence-corrected chi connectivity index (χ4v) is 4.07. The molecular weight excluding hydrogens is 334 g/mol. The quantitative estimate of drug-likeness (QED) is 0.822. The first-order chi connectivity index (χ1) is 9.66. The van der Waals surface area contributed by atoms with Crippen LogP contribution in [0.5, 0.6) is 0 Å². The van der Waals surface area contributed by atoms with Crippen LogP contribution in [0.3, 0.4) is 0 Å². The SMILES string of the molecule is Cc1cccc(NC(=O)C2CCCc3sccc32)c1Br. The van der Waals surface area contributed by atoms with Gasteiger partial charge in [-0.3, -0.25) is 4.79 Å². The first-order valence-corrected chi connectivity index (χ1v) is 8.46. The Kier molecular flexibility index (Phi) is 3.94. The van der Waals surface area contributed by atoms with Crippen LogP contribution in [0.2, 0.25) is 0 Å². The molecule has 1 atom stereocenters. The number of thiophene rings is 1. The minimum atomic E-state index is -0.00240. The van der Waals surface area contributed by atoms with Crippen LogP contribution in [0.25, 0.3) is 0 Å². The molecule has 4 heteroatoms. The second-order valence-electron chi connectivity index (χ2n) is 5.17. The molecule has 0 bridgehead atoms. The van der Waals surface area contributed by atoms with Crippen molar-refractivity contribution in [2.24, 2.45) is 0 Å². The molecule has 1 amide bonds. The van der Waals surface area contributed by atoms with E-state index in [-0.39, 0.29) is 11.8 Å². The lowest BCUT2D eigenvalue weighted by molar-refractivity contribution is -0.117. The van der Waals surface area contributed by atoms with Gasteiger partial charge in [-0.2, -0.15) is 0 Å².